The van der Waals surface area contributed by atoms with Crippen LogP contribution in [0, 0.1) is 0 Å². The molecule has 4 atom stereocenters. The normalized spacial score (nSPS) is 21.9. The highest BCUT2D eigenvalue weighted by atomic mass is 19.1. The monoisotopic (exact) mass is 168 g/mol. The standard InChI is InChI=1S/C5H9FO5/c6-5(11)4(10)3(9)2(8)1-7/h1-5,8-11H/t2-,3+,4-,5-/m0/s1. The molecule has 11 heavy (non-hydrogen) atoms. The van der Waals surface area contributed by atoms with E-state index in [0.29, 0.717) is 0 Å². The van der Waals surface area contributed by atoms with Gasteiger partial charge in [0, 0.05) is 0 Å². The molecule has 0 aromatic heterocycles. The van der Waals surface area contributed by atoms with Gasteiger partial charge < -0.3 is 25.2 Å². The second kappa shape index (κ2) is 4.35. The number of aliphatic hydroxyl groups excluding tert-OH is 4. The summed E-state index contributed by atoms with van der Waals surface area (Å²) in [6.07, 6.45) is -8.83. The number of hydrogen-bond donors (Lipinski definition) is 4. The lowest BCUT2D eigenvalue weighted by molar-refractivity contribution is -0.150. The molecule has 5 nitrogen and oxygen atoms in total. The summed E-state index contributed by atoms with van der Waals surface area (Å²) in [7, 11) is 0. The second-order valence-corrected chi connectivity index (χ2v) is 1.98. The Morgan fingerprint density at radius 2 is 1.55 bits per heavy atom. The molecule has 0 saturated carbocycles. The lowest BCUT2D eigenvalue weighted by Crippen LogP contribution is -2.43. The molecule has 0 bridgehead atoms. The molecule has 0 unspecified atom stereocenters. The average molecular weight is 168 g/mol. The summed E-state index contributed by atoms with van der Waals surface area (Å²) in [5, 5.41) is 33.6. The fourth-order valence-corrected chi connectivity index (χ4v) is 0.445. The third kappa shape index (κ3) is 2.89. The van der Waals surface area contributed by atoms with Crippen LogP contribution in [0.25, 0.3) is 0 Å². The van der Waals surface area contributed by atoms with Crippen LogP contribution in [0.3, 0.4) is 0 Å². The van der Waals surface area contributed by atoms with Gasteiger partial charge in [-0.05, 0) is 0 Å². The fourth-order valence-electron chi connectivity index (χ4n) is 0.445. The molecule has 0 fully saturated rings. The highest BCUT2D eigenvalue weighted by Crippen LogP contribution is 2.03. The van der Waals surface area contributed by atoms with Crippen LogP contribution < -0.4 is 0 Å². The molecular weight excluding hydrogens is 159 g/mol. The van der Waals surface area contributed by atoms with Crippen molar-refractivity contribution < 1.29 is 29.6 Å². The number of alkyl halides is 1. The molecule has 0 saturated heterocycles. The molecule has 0 spiro atoms. The fraction of sp³-hybridized carbons (Fsp3) is 0.800. The van der Waals surface area contributed by atoms with Gasteiger partial charge in [0.25, 0.3) is 0 Å². The molecule has 0 aromatic rings. The number of aldehydes is 1. The van der Waals surface area contributed by atoms with E-state index in [1.54, 1.807) is 0 Å². The highest BCUT2D eigenvalue weighted by molar-refractivity contribution is 5.56. The van der Waals surface area contributed by atoms with Crippen LogP contribution in [0.5, 0.6) is 0 Å². The summed E-state index contributed by atoms with van der Waals surface area (Å²) in [6, 6.07) is 0. The smallest absolute Gasteiger partial charge is 0.225 e. The Hall–Kier alpha value is -0.560. The molecule has 0 aliphatic carbocycles. The molecule has 66 valence electrons. The zero-order valence-corrected chi connectivity index (χ0v) is 5.46. The van der Waals surface area contributed by atoms with Gasteiger partial charge in [-0.1, -0.05) is 0 Å². The maximum atomic E-state index is 11.8. The van der Waals surface area contributed by atoms with Crippen molar-refractivity contribution in [2.24, 2.45) is 0 Å². The minimum absolute atomic E-state index is 0.0731. The van der Waals surface area contributed by atoms with E-state index in [1.807, 2.05) is 0 Å². The second-order valence-electron chi connectivity index (χ2n) is 1.98. The number of carbonyl (C=O) groups excluding carboxylic acids is 1. The Balaban J connectivity index is 4.00. The van der Waals surface area contributed by atoms with E-state index in [2.05, 4.69) is 0 Å². The summed E-state index contributed by atoms with van der Waals surface area (Å²) in [5.41, 5.74) is 0. The number of rotatable bonds is 4. The Kier molecular flexibility index (Phi) is 4.12. The van der Waals surface area contributed by atoms with Gasteiger partial charge in [0.15, 0.2) is 6.29 Å². The van der Waals surface area contributed by atoms with Gasteiger partial charge in [0.05, 0.1) is 0 Å². The first kappa shape index (κ1) is 10.4. The van der Waals surface area contributed by atoms with Crippen molar-refractivity contribution in [3.63, 3.8) is 0 Å². The van der Waals surface area contributed by atoms with Gasteiger partial charge in [-0.25, -0.2) is 4.39 Å². The predicted molar refractivity (Wildman–Crippen MR) is 31.2 cm³/mol. The van der Waals surface area contributed by atoms with E-state index < -0.39 is 24.7 Å². The Bertz CT molecular complexity index is 128. The summed E-state index contributed by atoms with van der Waals surface area (Å²) in [4.78, 5) is 9.75. The topological polar surface area (TPSA) is 98.0 Å². The molecule has 0 rings (SSSR count). The van der Waals surface area contributed by atoms with Gasteiger partial charge >= 0.3 is 0 Å². The zero-order chi connectivity index (χ0) is 9.02. The molecule has 0 aliphatic heterocycles. The van der Waals surface area contributed by atoms with Gasteiger partial charge in [0.2, 0.25) is 6.36 Å². The third-order valence-corrected chi connectivity index (χ3v) is 1.12. The summed E-state index contributed by atoms with van der Waals surface area (Å²) in [6.45, 7) is 0. The summed E-state index contributed by atoms with van der Waals surface area (Å²) in [5.74, 6) is 0. The van der Waals surface area contributed by atoms with Crippen molar-refractivity contribution in [2.45, 2.75) is 24.7 Å². The maximum Gasteiger partial charge on any atom is 0.225 e. The minimum Gasteiger partial charge on any atom is -0.387 e. The van der Waals surface area contributed by atoms with Crippen LogP contribution in [0.1, 0.15) is 0 Å². The van der Waals surface area contributed by atoms with Crippen molar-refractivity contribution in [3.8, 4) is 0 Å². The predicted octanol–water partition coefficient (Wildman–Crippen LogP) is -2.44. The zero-order valence-electron chi connectivity index (χ0n) is 5.46. The highest BCUT2D eigenvalue weighted by Gasteiger charge is 2.29. The van der Waals surface area contributed by atoms with Crippen molar-refractivity contribution in [2.75, 3.05) is 0 Å². The van der Waals surface area contributed by atoms with Crippen LogP contribution >= 0.6 is 0 Å². The molecule has 0 aromatic carbocycles. The van der Waals surface area contributed by atoms with Crippen LogP contribution in [-0.4, -0.2) is 51.4 Å². The van der Waals surface area contributed by atoms with Crippen LogP contribution in [0.2, 0.25) is 0 Å². The molecule has 0 amide bonds. The van der Waals surface area contributed by atoms with E-state index in [-0.39, 0.29) is 6.29 Å². The van der Waals surface area contributed by atoms with Gasteiger partial charge in [-0.15, -0.1) is 0 Å². The van der Waals surface area contributed by atoms with E-state index in [1.165, 1.54) is 0 Å². The molecule has 0 heterocycles. The molecule has 4 N–H and O–H groups in total. The van der Waals surface area contributed by atoms with Gasteiger partial charge in [-0.3, -0.25) is 0 Å². The van der Waals surface area contributed by atoms with Crippen molar-refractivity contribution in [3.05, 3.63) is 0 Å². The Labute approximate surface area is 61.7 Å². The van der Waals surface area contributed by atoms with Gasteiger partial charge in [0.1, 0.15) is 18.3 Å². The number of carbonyl (C=O) groups is 1. The quantitative estimate of drug-likeness (QED) is 0.349. The van der Waals surface area contributed by atoms with E-state index in [9.17, 15) is 9.18 Å². The molecular formula is C5H9FO5. The van der Waals surface area contributed by atoms with Crippen molar-refractivity contribution in [1.29, 1.82) is 0 Å². The van der Waals surface area contributed by atoms with Crippen LogP contribution in [-0.2, 0) is 4.79 Å². The molecule has 0 aliphatic rings. The van der Waals surface area contributed by atoms with Gasteiger partial charge in [-0.2, -0.15) is 0 Å². The van der Waals surface area contributed by atoms with Crippen LogP contribution in [0.15, 0.2) is 0 Å². The lowest BCUT2D eigenvalue weighted by Gasteiger charge is -2.18. The minimum atomic E-state index is -2.68. The number of halogens is 1. The summed E-state index contributed by atoms with van der Waals surface area (Å²) >= 11 is 0. The van der Waals surface area contributed by atoms with Crippen molar-refractivity contribution in [1.82, 2.24) is 0 Å². The number of aliphatic hydroxyl groups is 4. The lowest BCUT2D eigenvalue weighted by atomic mass is 10.1. The Morgan fingerprint density at radius 1 is 1.09 bits per heavy atom. The van der Waals surface area contributed by atoms with E-state index >= 15 is 0 Å². The summed E-state index contributed by atoms with van der Waals surface area (Å²) < 4.78 is 11.8. The average Bonchev–Trinajstić information content (AvgIpc) is 2.00. The maximum absolute atomic E-state index is 11.8. The third-order valence-electron chi connectivity index (χ3n) is 1.12. The first-order valence-electron chi connectivity index (χ1n) is 2.82. The number of hydrogen-bond acceptors (Lipinski definition) is 5. The van der Waals surface area contributed by atoms with E-state index in [0.717, 1.165) is 0 Å². The largest absolute Gasteiger partial charge is 0.387 e. The molecule has 6 heteroatoms. The van der Waals surface area contributed by atoms with Crippen LogP contribution in [0.4, 0.5) is 4.39 Å². The van der Waals surface area contributed by atoms with E-state index in [4.69, 9.17) is 20.4 Å². The molecule has 0 radical (unpaired) electrons. The van der Waals surface area contributed by atoms with Crippen molar-refractivity contribution >= 4 is 6.29 Å². The first-order valence-corrected chi connectivity index (χ1v) is 2.82. The first-order chi connectivity index (χ1) is 5.00. The Morgan fingerprint density at radius 3 is 1.82 bits per heavy atom. The SMILES string of the molecule is O=C[C@H](O)[C@@H](O)[C@H](O)[C@H](O)F.